The van der Waals surface area contributed by atoms with Gasteiger partial charge in [-0.2, -0.15) is 0 Å². The maximum Gasteiger partial charge on any atom is 0.264 e. The predicted molar refractivity (Wildman–Crippen MR) is 116 cm³/mol. The summed E-state index contributed by atoms with van der Waals surface area (Å²) in [5.41, 5.74) is 2.81. The monoisotopic (exact) mass is 445 g/mol. The number of rotatable bonds is 6. The van der Waals surface area contributed by atoms with Crippen LogP contribution in [0.3, 0.4) is 0 Å². The van der Waals surface area contributed by atoms with E-state index in [-0.39, 0.29) is 6.04 Å². The third-order valence-electron chi connectivity index (χ3n) is 4.85. The van der Waals surface area contributed by atoms with E-state index in [1.165, 1.54) is 0 Å². The van der Waals surface area contributed by atoms with Crippen molar-refractivity contribution in [1.82, 2.24) is 0 Å². The molecule has 0 radical (unpaired) electrons. The molecule has 142 valence electrons. The van der Waals surface area contributed by atoms with E-state index in [1.54, 1.807) is 16.4 Å². The van der Waals surface area contributed by atoms with Crippen LogP contribution in [0.2, 0.25) is 0 Å². The molecule has 0 saturated carbocycles. The van der Waals surface area contributed by atoms with Gasteiger partial charge in [-0.15, -0.1) is 6.58 Å². The zero-order chi connectivity index (χ0) is 19.4. The van der Waals surface area contributed by atoms with Crippen molar-refractivity contribution in [3.05, 3.63) is 82.9 Å². The van der Waals surface area contributed by atoms with Crippen LogP contribution in [0.5, 0.6) is 0 Å². The maximum absolute atomic E-state index is 13.7. The Balaban J connectivity index is 2.17. The minimum atomic E-state index is -3.72. The lowest BCUT2D eigenvalue weighted by atomic mass is 9.91. The molecule has 0 fully saturated rings. The van der Waals surface area contributed by atoms with Crippen molar-refractivity contribution in [2.45, 2.75) is 43.5 Å². The van der Waals surface area contributed by atoms with Crippen LogP contribution in [0.25, 0.3) is 0 Å². The molecule has 0 aromatic heterocycles. The Labute approximate surface area is 170 Å². The molecular weight excluding hydrogens is 422 g/mol. The number of hydrogen-bond donors (Lipinski definition) is 0. The van der Waals surface area contributed by atoms with Crippen LogP contribution in [0.4, 0.5) is 5.69 Å². The van der Waals surface area contributed by atoms with Crippen molar-refractivity contribution in [2.75, 3.05) is 4.31 Å². The zero-order valence-corrected chi connectivity index (χ0v) is 17.8. The first-order valence-electron chi connectivity index (χ1n) is 9.10. The summed E-state index contributed by atoms with van der Waals surface area (Å²) in [4.78, 5) is 0.312. The molecular formula is C22H24BrNO2S. The van der Waals surface area contributed by atoms with Gasteiger partial charge in [-0.05, 0) is 78.4 Å². The van der Waals surface area contributed by atoms with E-state index >= 15 is 0 Å². The molecule has 27 heavy (non-hydrogen) atoms. The second-order valence-electron chi connectivity index (χ2n) is 6.78. The van der Waals surface area contributed by atoms with Crippen molar-refractivity contribution in [2.24, 2.45) is 0 Å². The molecule has 3 rings (SSSR count). The maximum atomic E-state index is 13.7. The minimum Gasteiger partial charge on any atom is -0.258 e. The Morgan fingerprint density at radius 3 is 2.56 bits per heavy atom. The van der Waals surface area contributed by atoms with Crippen LogP contribution in [-0.2, 0) is 10.0 Å². The van der Waals surface area contributed by atoms with Crippen LogP contribution in [0.1, 0.15) is 31.2 Å². The largest absolute Gasteiger partial charge is 0.264 e. The Morgan fingerprint density at radius 2 is 1.89 bits per heavy atom. The van der Waals surface area contributed by atoms with Gasteiger partial charge in [-0.25, -0.2) is 8.42 Å². The minimum absolute atomic E-state index is 0.207. The molecule has 0 aliphatic heterocycles. The summed E-state index contributed by atoms with van der Waals surface area (Å²) in [6.45, 7) is 5.80. The van der Waals surface area contributed by atoms with E-state index in [0.29, 0.717) is 17.0 Å². The first-order valence-corrected chi connectivity index (χ1v) is 11.3. The van der Waals surface area contributed by atoms with Gasteiger partial charge in [0.25, 0.3) is 10.0 Å². The molecule has 2 aromatic rings. The topological polar surface area (TPSA) is 37.4 Å². The van der Waals surface area contributed by atoms with Crippen molar-refractivity contribution < 1.29 is 8.42 Å². The van der Waals surface area contributed by atoms with Crippen LogP contribution in [-0.4, -0.2) is 14.5 Å². The number of halogens is 1. The molecule has 3 nitrogen and oxygen atoms in total. The summed E-state index contributed by atoms with van der Waals surface area (Å²) < 4.78 is 29.8. The molecule has 1 atom stereocenters. The van der Waals surface area contributed by atoms with Crippen molar-refractivity contribution in [3.8, 4) is 0 Å². The Bertz CT molecular complexity index is 949. The predicted octanol–water partition coefficient (Wildman–Crippen LogP) is 6.01. The molecule has 2 aromatic carbocycles. The SMILES string of the molecule is C=CCC1=CCCCC1N(c1ccccc1Br)S(=O)(=O)c1ccc(C)cc1. The van der Waals surface area contributed by atoms with E-state index in [2.05, 4.69) is 28.6 Å². The fourth-order valence-electron chi connectivity index (χ4n) is 3.49. The van der Waals surface area contributed by atoms with Gasteiger partial charge in [0.2, 0.25) is 0 Å². The van der Waals surface area contributed by atoms with Gasteiger partial charge in [0.15, 0.2) is 0 Å². The van der Waals surface area contributed by atoms with Gasteiger partial charge in [0, 0.05) is 4.47 Å². The number of hydrogen-bond acceptors (Lipinski definition) is 2. The van der Waals surface area contributed by atoms with E-state index in [0.717, 1.165) is 34.9 Å². The van der Waals surface area contributed by atoms with E-state index in [4.69, 9.17) is 0 Å². The van der Waals surface area contributed by atoms with Gasteiger partial charge in [-0.1, -0.05) is 42.0 Å². The van der Waals surface area contributed by atoms with Crippen LogP contribution >= 0.6 is 15.9 Å². The van der Waals surface area contributed by atoms with Gasteiger partial charge < -0.3 is 0 Å². The van der Waals surface area contributed by atoms with Gasteiger partial charge >= 0.3 is 0 Å². The summed E-state index contributed by atoms with van der Waals surface area (Å²) >= 11 is 3.55. The summed E-state index contributed by atoms with van der Waals surface area (Å²) in [6.07, 6.45) is 7.45. The number of nitrogens with zero attached hydrogens (tertiary/aromatic N) is 1. The van der Waals surface area contributed by atoms with Crippen LogP contribution < -0.4 is 4.31 Å². The Morgan fingerprint density at radius 1 is 1.19 bits per heavy atom. The molecule has 0 spiro atoms. The highest BCUT2D eigenvalue weighted by atomic mass is 79.9. The number of sulfonamides is 1. The third-order valence-corrected chi connectivity index (χ3v) is 7.35. The van der Waals surface area contributed by atoms with E-state index < -0.39 is 10.0 Å². The highest BCUT2D eigenvalue weighted by Gasteiger charge is 2.35. The summed E-state index contributed by atoms with van der Waals surface area (Å²) in [6, 6.07) is 14.4. The zero-order valence-electron chi connectivity index (χ0n) is 15.4. The second kappa shape index (κ2) is 8.44. The van der Waals surface area contributed by atoms with Gasteiger partial charge in [0.1, 0.15) is 0 Å². The molecule has 0 heterocycles. The fourth-order valence-corrected chi connectivity index (χ4v) is 5.79. The summed E-state index contributed by atoms with van der Waals surface area (Å²) in [5, 5.41) is 0. The van der Waals surface area contributed by atoms with Crippen molar-refractivity contribution in [3.63, 3.8) is 0 Å². The third kappa shape index (κ3) is 4.19. The van der Waals surface area contributed by atoms with Gasteiger partial charge in [-0.3, -0.25) is 4.31 Å². The van der Waals surface area contributed by atoms with Crippen molar-refractivity contribution >= 4 is 31.6 Å². The molecule has 1 unspecified atom stereocenters. The highest BCUT2D eigenvalue weighted by Crippen LogP contribution is 2.38. The lowest BCUT2D eigenvalue weighted by Crippen LogP contribution is -2.42. The molecule has 1 aliphatic rings. The van der Waals surface area contributed by atoms with Crippen molar-refractivity contribution in [1.29, 1.82) is 0 Å². The van der Waals surface area contributed by atoms with E-state index in [9.17, 15) is 8.42 Å². The average molecular weight is 446 g/mol. The molecule has 0 amide bonds. The smallest absolute Gasteiger partial charge is 0.258 e. The molecule has 1 aliphatic carbocycles. The first kappa shape index (κ1) is 19.9. The highest BCUT2D eigenvalue weighted by molar-refractivity contribution is 9.10. The van der Waals surface area contributed by atoms with Crippen LogP contribution in [0.15, 0.2) is 82.2 Å². The fraction of sp³-hybridized carbons (Fsp3) is 0.273. The summed E-state index contributed by atoms with van der Waals surface area (Å²) in [7, 11) is -3.72. The quantitative estimate of drug-likeness (QED) is 0.510. The summed E-state index contributed by atoms with van der Waals surface area (Å²) in [5.74, 6) is 0. The Hall–Kier alpha value is -1.85. The molecule has 0 N–H and O–H groups in total. The molecule has 5 heteroatoms. The number of anilines is 1. The molecule has 0 bridgehead atoms. The van der Waals surface area contributed by atoms with Gasteiger partial charge in [0.05, 0.1) is 16.6 Å². The molecule has 0 saturated heterocycles. The first-order chi connectivity index (χ1) is 12.9. The average Bonchev–Trinajstić information content (AvgIpc) is 2.65. The number of allylic oxidation sites excluding steroid dienone is 2. The van der Waals surface area contributed by atoms with Crippen LogP contribution in [0, 0.1) is 6.92 Å². The second-order valence-corrected chi connectivity index (χ2v) is 9.45. The lowest BCUT2D eigenvalue weighted by molar-refractivity contribution is 0.558. The van der Waals surface area contributed by atoms with E-state index in [1.807, 2.05) is 49.4 Å². The number of benzene rings is 2. The normalized spacial score (nSPS) is 17.3. The Kier molecular flexibility index (Phi) is 6.22. The lowest BCUT2D eigenvalue weighted by Gasteiger charge is -2.36. The standard InChI is InChI=1S/C22H24BrNO2S/c1-3-8-18-9-4-6-11-21(18)24(22-12-7-5-10-20(22)23)27(25,26)19-15-13-17(2)14-16-19/h3,5,7,9-10,12-16,21H,1,4,6,8,11H2,2H3. The number of aryl methyl sites for hydroxylation is 1. The number of para-hydroxylation sites is 1.